The highest BCUT2D eigenvalue weighted by Crippen LogP contribution is 2.33. The molecule has 2 unspecified atom stereocenters. The van der Waals surface area contributed by atoms with Crippen LogP contribution in [0.2, 0.25) is 0 Å². The van der Waals surface area contributed by atoms with E-state index in [2.05, 4.69) is 53.5 Å². The Morgan fingerprint density at radius 2 is 2.22 bits per heavy atom. The van der Waals surface area contributed by atoms with Gasteiger partial charge in [0.25, 0.3) is 0 Å². The van der Waals surface area contributed by atoms with E-state index in [1.165, 1.54) is 24.2 Å². The van der Waals surface area contributed by atoms with Gasteiger partial charge in [0.2, 0.25) is 0 Å². The summed E-state index contributed by atoms with van der Waals surface area (Å²) in [6.45, 7) is 8.70. The maximum absolute atomic E-state index is 5.87. The summed E-state index contributed by atoms with van der Waals surface area (Å²) in [6, 6.07) is 8.83. The minimum absolute atomic E-state index is 0.291. The Balaban J connectivity index is 1.68. The number of benzene rings is 1. The van der Waals surface area contributed by atoms with E-state index in [1.54, 1.807) is 0 Å². The molecule has 0 amide bonds. The van der Waals surface area contributed by atoms with Crippen molar-refractivity contribution in [1.29, 1.82) is 0 Å². The molecule has 1 saturated heterocycles. The van der Waals surface area contributed by atoms with Crippen LogP contribution in [0, 0.1) is 5.92 Å². The second-order valence-corrected chi connectivity index (χ2v) is 6.64. The zero-order chi connectivity index (χ0) is 16.1. The van der Waals surface area contributed by atoms with Gasteiger partial charge >= 0.3 is 0 Å². The minimum Gasteiger partial charge on any atom is -0.494 e. The van der Waals surface area contributed by atoms with Gasteiger partial charge in [-0.15, -0.1) is 0 Å². The van der Waals surface area contributed by atoms with Crippen LogP contribution in [-0.2, 0) is 0 Å². The Labute approximate surface area is 139 Å². The number of piperidine rings is 1. The fourth-order valence-corrected chi connectivity index (χ4v) is 3.57. The van der Waals surface area contributed by atoms with Crippen LogP contribution in [0.15, 0.2) is 29.4 Å². The smallest absolute Gasteiger partial charge is 0.119 e. The van der Waals surface area contributed by atoms with Crippen molar-refractivity contribution in [3.05, 3.63) is 29.8 Å². The van der Waals surface area contributed by atoms with Crippen molar-refractivity contribution in [2.45, 2.75) is 45.6 Å². The van der Waals surface area contributed by atoms with Crippen molar-refractivity contribution in [3.63, 3.8) is 0 Å². The summed E-state index contributed by atoms with van der Waals surface area (Å²) in [6.07, 6.45) is 4.59. The highest BCUT2D eigenvalue weighted by molar-refractivity contribution is 5.89. The zero-order valence-electron chi connectivity index (χ0n) is 14.4. The van der Waals surface area contributed by atoms with Crippen LogP contribution in [0.25, 0.3) is 0 Å². The Hall–Kier alpha value is -1.55. The average Bonchev–Trinajstić information content (AvgIpc) is 2.99. The van der Waals surface area contributed by atoms with E-state index in [9.17, 15) is 0 Å². The summed E-state index contributed by atoms with van der Waals surface area (Å²) in [5.74, 6) is 1.48. The first-order chi connectivity index (χ1) is 11.3. The van der Waals surface area contributed by atoms with E-state index in [-0.39, 0.29) is 0 Å². The predicted octanol–water partition coefficient (Wildman–Crippen LogP) is 3.60. The van der Waals surface area contributed by atoms with Crippen molar-refractivity contribution >= 4 is 5.71 Å². The van der Waals surface area contributed by atoms with Gasteiger partial charge in [0, 0.05) is 31.1 Å². The number of hydrogen-bond donors (Lipinski definition) is 1. The topological polar surface area (TPSA) is 36.9 Å². The summed E-state index contributed by atoms with van der Waals surface area (Å²) >= 11 is 0. The van der Waals surface area contributed by atoms with Crippen LogP contribution >= 0.6 is 0 Å². The van der Waals surface area contributed by atoms with Gasteiger partial charge in [-0.3, -0.25) is 0 Å². The van der Waals surface area contributed by atoms with E-state index in [4.69, 9.17) is 4.74 Å². The van der Waals surface area contributed by atoms with Crippen molar-refractivity contribution < 1.29 is 4.74 Å². The number of ether oxygens (including phenoxy) is 1. The average molecular weight is 315 g/mol. The Kier molecular flexibility index (Phi) is 5.55. The van der Waals surface area contributed by atoms with Gasteiger partial charge in [0.15, 0.2) is 0 Å². The molecular formula is C19H29N3O. The highest BCUT2D eigenvalue weighted by Gasteiger charge is 2.36. The van der Waals surface area contributed by atoms with Crippen LogP contribution in [0.5, 0.6) is 5.75 Å². The summed E-state index contributed by atoms with van der Waals surface area (Å²) in [7, 11) is 0. The van der Waals surface area contributed by atoms with Crippen molar-refractivity contribution in [1.82, 2.24) is 10.3 Å². The molecule has 0 spiro atoms. The van der Waals surface area contributed by atoms with Crippen LogP contribution in [0.4, 0.5) is 0 Å². The Bertz CT molecular complexity index is 543. The Morgan fingerprint density at radius 3 is 3.04 bits per heavy atom. The minimum atomic E-state index is 0.291. The molecular weight excluding hydrogens is 286 g/mol. The molecule has 0 aliphatic carbocycles. The standard InChI is InChI=1S/C19H29N3O/c1-3-5-12-23-16-8-6-7-15(13-16)19-17-14-22(10-4-2)11-9-18(17)20-21-19/h6-8,13,17,19,21H,3-5,9-12,14H2,1-2H3. The molecule has 2 aliphatic rings. The molecule has 2 heterocycles. The molecule has 0 bridgehead atoms. The molecule has 4 nitrogen and oxygen atoms in total. The number of fused-ring (bicyclic) bond motifs is 1. The monoisotopic (exact) mass is 315 g/mol. The first-order valence-corrected chi connectivity index (χ1v) is 9.09. The summed E-state index contributed by atoms with van der Waals surface area (Å²) in [4.78, 5) is 2.57. The zero-order valence-corrected chi connectivity index (χ0v) is 14.4. The molecule has 1 aromatic rings. The van der Waals surface area contributed by atoms with Crippen LogP contribution in [0.1, 0.15) is 51.1 Å². The normalized spacial score (nSPS) is 24.0. The third kappa shape index (κ3) is 3.86. The summed E-state index contributed by atoms with van der Waals surface area (Å²) < 4.78 is 5.87. The van der Waals surface area contributed by atoms with Gasteiger partial charge in [-0.25, -0.2) is 0 Å². The van der Waals surface area contributed by atoms with E-state index < -0.39 is 0 Å². The maximum Gasteiger partial charge on any atom is 0.119 e. The lowest BCUT2D eigenvalue weighted by Gasteiger charge is -2.33. The van der Waals surface area contributed by atoms with Crippen LogP contribution < -0.4 is 10.2 Å². The first-order valence-electron chi connectivity index (χ1n) is 9.09. The molecule has 2 atom stereocenters. The quantitative estimate of drug-likeness (QED) is 0.781. The maximum atomic E-state index is 5.87. The van der Waals surface area contributed by atoms with E-state index in [0.29, 0.717) is 12.0 Å². The molecule has 1 aromatic carbocycles. The van der Waals surface area contributed by atoms with Gasteiger partial charge < -0.3 is 15.1 Å². The third-order valence-electron chi connectivity index (χ3n) is 4.84. The van der Waals surface area contributed by atoms with Crippen molar-refractivity contribution in [2.24, 2.45) is 11.0 Å². The van der Waals surface area contributed by atoms with Crippen LogP contribution in [-0.4, -0.2) is 36.9 Å². The van der Waals surface area contributed by atoms with E-state index >= 15 is 0 Å². The number of nitrogens with one attached hydrogen (secondary N) is 1. The first kappa shape index (κ1) is 16.3. The van der Waals surface area contributed by atoms with E-state index in [0.717, 1.165) is 44.7 Å². The highest BCUT2D eigenvalue weighted by atomic mass is 16.5. The molecule has 1 N–H and O–H groups in total. The lowest BCUT2D eigenvalue weighted by Crippen LogP contribution is -2.42. The van der Waals surface area contributed by atoms with Gasteiger partial charge in [0.05, 0.1) is 12.6 Å². The van der Waals surface area contributed by atoms with Gasteiger partial charge in [-0.1, -0.05) is 32.4 Å². The molecule has 126 valence electrons. The third-order valence-corrected chi connectivity index (χ3v) is 4.84. The second kappa shape index (κ2) is 7.82. The largest absolute Gasteiger partial charge is 0.494 e. The lowest BCUT2D eigenvalue weighted by molar-refractivity contribution is 0.228. The SMILES string of the molecule is CCCCOc1cccc(C2NN=C3CCN(CCC)CC32)c1. The number of likely N-dealkylation sites (tertiary alicyclic amines) is 1. The van der Waals surface area contributed by atoms with Gasteiger partial charge in [0.1, 0.15) is 5.75 Å². The molecule has 23 heavy (non-hydrogen) atoms. The second-order valence-electron chi connectivity index (χ2n) is 6.64. The van der Waals surface area contributed by atoms with Crippen LogP contribution in [0.3, 0.4) is 0 Å². The number of unbranched alkanes of at least 4 members (excludes halogenated alkanes) is 1. The molecule has 0 radical (unpaired) electrons. The number of hydrogen-bond acceptors (Lipinski definition) is 4. The molecule has 1 fully saturated rings. The molecule has 4 heteroatoms. The number of hydrazone groups is 1. The summed E-state index contributed by atoms with van der Waals surface area (Å²) in [5, 5.41) is 4.61. The van der Waals surface area contributed by atoms with Gasteiger partial charge in [-0.2, -0.15) is 5.10 Å². The summed E-state index contributed by atoms with van der Waals surface area (Å²) in [5.41, 5.74) is 6.02. The molecule has 0 saturated carbocycles. The Morgan fingerprint density at radius 1 is 1.30 bits per heavy atom. The van der Waals surface area contributed by atoms with E-state index in [1.807, 2.05) is 0 Å². The van der Waals surface area contributed by atoms with Gasteiger partial charge in [-0.05, 0) is 37.1 Å². The predicted molar refractivity (Wildman–Crippen MR) is 95.0 cm³/mol. The number of rotatable bonds is 7. The fraction of sp³-hybridized carbons (Fsp3) is 0.632. The molecule has 0 aromatic heterocycles. The molecule has 3 rings (SSSR count). The molecule has 2 aliphatic heterocycles. The number of nitrogens with zero attached hydrogens (tertiary/aromatic N) is 2. The lowest BCUT2D eigenvalue weighted by atomic mass is 9.86. The fourth-order valence-electron chi connectivity index (χ4n) is 3.57. The van der Waals surface area contributed by atoms with Crippen molar-refractivity contribution in [3.8, 4) is 5.75 Å². The van der Waals surface area contributed by atoms with Crippen molar-refractivity contribution in [2.75, 3.05) is 26.2 Å².